The van der Waals surface area contributed by atoms with Crippen molar-refractivity contribution in [1.29, 1.82) is 0 Å². The molecular weight excluding hydrogens is 272 g/mol. The number of nitrogen functional groups attached to an aromatic ring is 1. The van der Waals surface area contributed by atoms with E-state index in [0.29, 0.717) is 10.4 Å². The van der Waals surface area contributed by atoms with Gasteiger partial charge >= 0.3 is 5.97 Å². The van der Waals surface area contributed by atoms with E-state index in [1.807, 2.05) is 0 Å². The number of nitrogens with two attached hydrogens (primary N) is 1. The smallest absolute Gasteiger partial charge is 0.350 e. The molecule has 0 spiro atoms. The van der Waals surface area contributed by atoms with Crippen molar-refractivity contribution < 1.29 is 18.3 Å². The summed E-state index contributed by atoms with van der Waals surface area (Å²) in [6.45, 7) is 1.65. The van der Waals surface area contributed by atoms with Gasteiger partial charge in [-0.3, -0.25) is 0 Å². The van der Waals surface area contributed by atoms with Crippen LogP contribution in [-0.2, 0) is 4.74 Å². The Hall–Kier alpha value is -1.95. The highest BCUT2D eigenvalue weighted by atomic mass is 32.1. The lowest BCUT2D eigenvalue weighted by molar-refractivity contribution is 0.0607. The van der Waals surface area contributed by atoms with E-state index in [4.69, 9.17) is 5.73 Å². The van der Waals surface area contributed by atoms with Crippen LogP contribution in [0.2, 0.25) is 0 Å². The first-order chi connectivity index (χ1) is 8.97. The van der Waals surface area contributed by atoms with Crippen molar-refractivity contribution in [2.45, 2.75) is 6.92 Å². The van der Waals surface area contributed by atoms with Gasteiger partial charge in [0, 0.05) is 10.4 Å². The predicted octanol–water partition coefficient (Wildman–Crippen LogP) is 3.37. The highest BCUT2D eigenvalue weighted by Crippen LogP contribution is 2.39. The molecule has 100 valence electrons. The van der Waals surface area contributed by atoms with Crippen molar-refractivity contribution in [1.82, 2.24) is 0 Å². The zero-order valence-electron chi connectivity index (χ0n) is 10.3. The number of esters is 1. The summed E-state index contributed by atoms with van der Waals surface area (Å²) < 4.78 is 31.6. The Bertz CT molecular complexity index is 652. The fourth-order valence-corrected chi connectivity index (χ4v) is 2.87. The number of ether oxygens (including phenoxy) is 1. The Morgan fingerprint density at radius 1 is 1.37 bits per heavy atom. The standard InChI is InChI=1S/C13H11F2NO2S/c1-6-10(16)12(13(17)18-2)19-11(6)7-4-3-5-8(14)9(7)15/h3-5H,16H2,1-2H3. The van der Waals surface area contributed by atoms with Gasteiger partial charge in [0.2, 0.25) is 0 Å². The molecule has 0 fully saturated rings. The lowest BCUT2D eigenvalue weighted by Gasteiger charge is -2.02. The molecule has 0 unspecified atom stereocenters. The van der Waals surface area contributed by atoms with Crippen LogP contribution in [0, 0.1) is 18.6 Å². The molecule has 1 heterocycles. The fraction of sp³-hybridized carbons (Fsp3) is 0.154. The van der Waals surface area contributed by atoms with E-state index >= 15 is 0 Å². The molecule has 2 N–H and O–H groups in total. The zero-order chi connectivity index (χ0) is 14.2. The number of rotatable bonds is 2. The van der Waals surface area contributed by atoms with Crippen molar-refractivity contribution in [3.05, 3.63) is 40.3 Å². The molecule has 2 aromatic rings. The van der Waals surface area contributed by atoms with Gasteiger partial charge in [0.25, 0.3) is 0 Å². The van der Waals surface area contributed by atoms with Crippen molar-refractivity contribution >= 4 is 23.0 Å². The number of hydrogen-bond donors (Lipinski definition) is 1. The minimum Gasteiger partial charge on any atom is -0.465 e. The molecule has 0 bridgehead atoms. The predicted molar refractivity (Wildman–Crippen MR) is 70.2 cm³/mol. The number of methoxy groups -OCH3 is 1. The Morgan fingerprint density at radius 3 is 2.68 bits per heavy atom. The van der Waals surface area contributed by atoms with Gasteiger partial charge < -0.3 is 10.5 Å². The van der Waals surface area contributed by atoms with Crippen molar-refractivity contribution in [2.75, 3.05) is 12.8 Å². The first-order valence-corrected chi connectivity index (χ1v) is 6.20. The lowest BCUT2D eigenvalue weighted by Crippen LogP contribution is -2.01. The van der Waals surface area contributed by atoms with E-state index in [9.17, 15) is 13.6 Å². The topological polar surface area (TPSA) is 52.3 Å². The summed E-state index contributed by atoms with van der Waals surface area (Å²) in [5.41, 5.74) is 6.66. The van der Waals surface area contributed by atoms with E-state index in [2.05, 4.69) is 4.74 Å². The summed E-state index contributed by atoms with van der Waals surface area (Å²) in [6, 6.07) is 3.88. The second-order valence-corrected chi connectivity index (χ2v) is 4.91. The van der Waals surface area contributed by atoms with Crippen LogP contribution >= 0.6 is 11.3 Å². The molecule has 6 heteroatoms. The second kappa shape index (κ2) is 4.97. The molecule has 0 aliphatic carbocycles. The van der Waals surface area contributed by atoms with Gasteiger partial charge in [0.05, 0.1) is 12.8 Å². The lowest BCUT2D eigenvalue weighted by atomic mass is 10.1. The molecule has 1 aromatic heterocycles. The number of carbonyl (C=O) groups excluding carboxylic acids is 1. The Morgan fingerprint density at radius 2 is 2.05 bits per heavy atom. The molecule has 0 saturated heterocycles. The first-order valence-electron chi connectivity index (χ1n) is 5.39. The van der Waals surface area contributed by atoms with Crippen LogP contribution < -0.4 is 5.73 Å². The Labute approximate surface area is 112 Å². The van der Waals surface area contributed by atoms with E-state index in [1.165, 1.54) is 19.2 Å². The summed E-state index contributed by atoms with van der Waals surface area (Å²) in [5.74, 6) is -2.49. The number of hydrogen-bond acceptors (Lipinski definition) is 4. The van der Waals surface area contributed by atoms with E-state index in [0.717, 1.165) is 17.4 Å². The first kappa shape index (κ1) is 13.5. The van der Waals surface area contributed by atoms with Crippen LogP contribution in [0.15, 0.2) is 18.2 Å². The van der Waals surface area contributed by atoms with Crippen LogP contribution in [0.5, 0.6) is 0 Å². The van der Waals surface area contributed by atoms with E-state index in [-0.39, 0.29) is 16.1 Å². The van der Waals surface area contributed by atoms with E-state index in [1.54, 1.807) is 6.92 Å². The maximum absolute atomic E-state index is 13.8. The molecule has 1 aromatic carbocycles. The molecule has 0 amide bonds. The Balaban J connectivity index is 2.64. The van der Waals surface area contributed by atoms with E-state index < -0.39 is 17.6 Å². The second-order valence-electron chi connectivity index (χ2n) is 3.89. The van der Waals surface area contributed by atoms with Crippen LogP contribution in [0.25, 0.3) is 10.4 Å². The van der Waals surface area contributed by atoms with Gasteiger partial charge in [-0.2, -0.15) is 0 Å². The maximum Gasteiger partial charge on any atom is 0.350 e. The quantitative estimate of drug-likeness (QED) is 0.860. The average molecular weight is 283 g/mol. The van der Waals surface area contributed by atoms with Crippen LogP contribution in [0.3, 0.4) is 0 Å². The number of carbonyl (C=O) groups is 1. The molecule has 0 radical (unpaired) electrons. The Kier molecular flexibility index (Phi) is 3.53. The average Bonchev–Trinajstić information content (AvgIpc) is 2.69. The van der Waals surface area contributed by atoms with Crippen molar-refractivity contribution in [3.63, 3.8) is 0 Å². The molecule has 0 aliphatic rings. The third-order valence-electron chi connectivity index (χ3n) is 2.76. The summed E-state index contributed by atoms with van der Waals surface area (Å²) >= 11 is 0.989. The molecule has 2 rings (SSSR count). The van der Waals surface area contributed by atoms with Gasteiger partial charge in [-0.25, -0.2) is 13.6 Å². The third kappa shape index (κ3) is 2.19. The molecule has 0 saturated carbocycles. The largest absolute Gasteiger partial charge is 0.465 e. The normalized spacial score (nSPS) is 10.5. The zero-order valence-corrected chi connectivity index (χ0v) is 11.1. The summed E-state index contributed by atoms with van der Waals surface area (Å²) in [4.78, 5) is 12.1. The summed E-state index contributed by atoms with van der Waals surface area (Å²) in [5, 5.41) is 0. The van der Waals surface area contributed by atoms with Crippen LogP contribution in [-0.4, -0.2) is 13.1 Å². The van der Waals surface area contributed by atoms with Gasteiger partial charge in [-0.05, 0) is 18.6 Å². The summed E-state index contributed by atoms with van der Waals surface area (Å²) in [6.07, 6.45) is 0. The van der Waals surface area contributed by atoms with Crippen molar-refractivity contribution in [3.8, 4) is 10.4 Å². The number of benzene rings is 1. The SMILES string of the molecule is COC(=O)c1sc(-c2cccc(F)c2F)c(C)c1N. The monoisotopic (exact) mass is 283 g/mol. The maximum atomic E-state index is 13.8. The van der Waals surface area contributed by atoms with Gasteiger partial charge in [0.1, 0.15) is 4.88 Å². The van der Waals surface area contributed by atoms with Crippen molar-refractivity contribution in [2.24, 2.45) is 0 Å². The minimum absolute atomic E-state index is 0.0874. The number of anilines is 1. The highest BCUT2D eigenvalue weighted by molar-refractivity contribution is 7.18. The van der Waals surface area contributed by atoms with Gasteiger partial charge in [-0.1, -0.05) is 12.1 Å². The molecule has 3 nitrogen and oxygen atoms in total. The molecule has 0 atom stereocenters. The number of halogens is 2. The molecular formula is C13H11F2NO2S. The molecule has 0 aliphatic heterocycles. The minimum atomic E-state index is -0.955. The van der Waals surface area contributed by atoms with Crippen LogP contribution in [0.4, 0.5) is 14.5 Å². The number of thiophene rings is 1. The van der Waals surface area contributed by atoms with Gasteiger partial charge in [0.15, 0.2) is 11.6 Å². The third-order valence-corrected chi connectivity index (χ3v) is 4.08. The van der Waals surface area contributed by atoms with Gasteiger partial charge in [-0.15, -0.1) is 11.3 Å². The molecule has 19 heavy (non-hydrogen) atoms. The fourth-order valence-electron chi connectivity index (χ4n) is 1.71. The highest BCUT2D eigenvalue weighted by Gasteiger charge is 2.22. The summed E-state index contributed by atoms with van der Waals surface area (Å²) in [7, 11) is 1.24. The van der Waals surface area contributed by atoms with Crippen LogP contribution in [0.1, 0.15) is 15.2 Å².